The lowest BCUT2D eigenvalue weighted by atomic mass is 9.80. The molecule has 4 aliphatic rings. The molecule has 2 bridgehead atoms. The number of fused-ring (bicyclic) bond motifs is 3. The second-order valence-corrected chi connectivity index (χ2v) is 10.7. The van der Waals surface area contributed by atoms with Gasteiger partial charge < -0.3 is 28.6 Å². The number of hydrogen-bond donors (Lipinski definition) is 1. The summed E-state index contributed by atoms with van der Waals surface area (Å²) in [6, 6.07) is 14.5. The summed E-state index contributed by atoms with van der Waals surface area (Å²) in [5.74, 6) is -2.95. The number of ether oxygens (including phenoxy) is 1. The van der Waals surface area contributed by atoms with Gasteiger partial charge in [-0.05, 0) is 31.9 Å². The number of hydrogen-bond acceptors (Lipinski definition) is 6. The molecule has 0 amide bonds. The highest BCUT2D eigenvalue weighted by molar-refractivity contribution is 5.81. The van der Waals surface area contributed by atoms with E-state index in [2.05, 4.69) is 37.3 Å². The van der Waals surface area contributed by atoms with Gasteiger partial charge in [-0.1, -0.05) is 43.2 Å². The van der Waals surface area contributed by atoms with Gasteiger partial charge in [0.15, 0.2) is 6.10 Å². The molecular formula is C28H34F3NO6. The molecule has 3 atom stereocenters. The van der Waals surface area contributed by atoms with Crippen LogP contribution in [0.15, 0.2) is 53.1 Å². The number of carboxylic acid groups (broad SMARTS) is 1. The molecule has 1 unspecified atom stereocenters. The van der Waals surface area contributed by atoms with Gasteiger partial charge in [0, 0.05) is 30.2 Å². The molecule has 1 saturated carbocycles. The van der Waals surface area contributed by atoms with Gasteiger partial charge >= 0.3 is 12.1 Å². The number of aliphatic carboxylic acids is 1. The number of benzene rings is 1. The van der Waals surface area contributed by atoms with Crippen molar-refractivity contribution in [1.82, 2.24) is 0 Å². The van der Waals surface area contributed by atoms with Crippen LogP contribution in [0.1, 0.15) is 62.8 Å². The van der Waals surface area contributed by atoms with Crippen molar-refractivity contribution in [2.24, 2.45) is 11.8 Å². The number of carbonyl (C=O) groups excluding carboxylic acids is 2. The van der Waals surface area contributed by atoms with Crippen LogP contribution in [0.2, 0.25) is 0 Å². The first kappa shape index (κ1) is 28.2. The zero-order valence-electron chi connectivity index (χ0n) is 21.4. The summed E-state index contributed by atoms with van der Waals surface area (Å²) in [7, 11) is 0. The number of carbonyl (C=O) groups is 2. The molecule has 0 radical (unpaired) electrons. The van der Waals surface area contributed by atoms with Gasteiger partial charge in [0.2, 0.25) is 5.60 Å². The van der Waals surface area contributed by atoms with Crippen LogP contribution in [0.3, 0.4) is 0 Å². The second kappa shape index (κ2) is 11.1. The first-order chi connectivity index (χ1) is 18.0. The van der Waals surface area contributed by atoms with Crippen molar-refractivity contribution >= 4 is 11.9 Å². The third-order valence-electron chi connectivity index (χ3n) is 8.71. The van der Waals surface area contributed by atoms with Crippen molar-refractivity contribution in [1.29, 1.82) is 0 Å². The molecule has 4 heterocycles. The predicted molar refractivity (Wildman–Crippen MR) is 128 cm³/mol. The molecule has 2 aromatic rings. The van der Waals surface area contributed by atoms with Crippen LogP contribution in [0.4, 0.5) is 13.2 Å². The highest BCUT2D eigenvalue weighted by Crippen LogP contribution is 2.45. The van der Waals surface area contributed by atoms with Crippen molar-refractivity contribution in [2.75, 3.05) is 19.6 Å². The minimum absolute atomic E-state index is 0.140. The van der Waals surface area contributed by atoms with E-state index >= 15 is 0 Å². The van der Waals surface area contributed by atoms with Crippen LogP contribution >= 0.6 is 0 Å². The van der Waals surface area contributed by atoms with Gasteiger partial charge in [-0.15, -0.1) is 0 Å². The molecule has 208 valence electrons. The van der Waals surface area contributed by atoms with Crippen LogP contribution in [0.25, 0.3) is 0 Å². The number of esters is 1. The summed E-state index contributed by atoms with van der Waals surface area (Å²) in [6.07, 6.45) is 2.03. The maximum absolute atomic E-state index is 13.5. The fourth-order valence-corrected chi connectivity index (χ4v) is 6.43. The lowest BCUT2D eigenvalue weighted by molar-refractivity contribution is -0.972. The third kappa shape index (κ3) is 5.61. The number of aliphatic hydroxyl groups is 1. The molecule has 1 aliphatic carbocycles. The van der Waals surface area contributed by atoms with Crippen LogP contribution in [-0.2, 0) is 19.9 Å². The Morgan fingerprint density at radius 2 is 1.66 bits per heavy atom. The second-order valence-electron chi connectivity index (χ2n) is 10.7. The number of carboxylic acids is 1. The highest BCUT2D eigenvalue weighted by Gasteiger charge is 2.55. The average molecular weight is 538 g/mol. The number of halogens is 3. The Kier molecular flexibility index (Phi) is 8.23. The zero-order chi connectivity index (χ0) is 27.6. The van der Waals surface area contributed by atoms with Gasteiger partial charge in [-0.3, -0.25) is 0 Å². The molecule has 3 aliphatic heterocycles. The van der Waals surface area contributed by atoms with E-state index in [0.717, 1.165) is 62.6 Å². The smallest absolute Gasteiger partial charge is 0.430 e. The fourth-order valence-electron chi connectivity index (χ4n) is 6.43. The molecule has 4 fully saturated rings. The molecule has 3 saturated heterocycles. The Morgan fingerprint density at radius 1 is 1.05 bits per heavy atom. The quantitative estimate of drug-likeness (QED) is 0.444. The summed E-state index contributed by atoms with van der Waals surface area (Å²) in [5, 5.41) is 20.4. The fraction of sp³-hybridized carbons (Fsp3) is 0.571. The first-order valence-electron chi connectivity index (χ1n) is 13.1. The van der Waals surface area contributed by atoms with Gasteiger partial charge in [0.1, 0.15) is 24.3 Å². The average Bonchev–Trinajstić information content (AvgIpc) is 3.64. The lowest BCUT2D eigenvalue weighted by Crippen LogP contribution is -2.65. The van der Waals surface area contributed by atoms with Crippen LogP contribution in [0.5, 0.6) is 0 Å². The molecule has 1 N–H and O–H groups in total. The molecule has 10 heteroatoms. The largest absolute Gasteiger partial charge is 0.542 e. The summed E-state index contributed by atoms with van der Waals surface area (Å²) < 4.78 is 44.2. The molecule has 7 nitrogen and oxygen atoms in total. The topological polar surface area (TPSA) is 99.8 Å². The van der Waals surface area contributed by atoms with Crippen LogP contribution < -0.4 is 5.11 Å². The number of quaternary nitrogens is 1. The monoisotopic (exact) mass is 537 g/mol. The number of rotatable bonds is 6. The number of piperidine rings is 3. The molecular weight excluding hydrogens is 503 g/mol. The highest BCUT2D eigenvalue weighted by atomic mass is 19.4. The summed E-state index contributed by atoms with van der Waals surface area (Å²) in [5.41, 5.74) is -0.340. The molecule has 1 aromatic heterocycles. The van der Waals surface area contributed by atoms with Crippen LogP contribution in [-0.4, -0.2) is 53.4 Å². The van der Waals surface area contributed by atoms with Crippen molar-refractivity contribution in [3.8, 4) is 0 Å². The number of nitrogens with zero attached hydrogens (tertiary/aromatic N) is 1. The van der Waals surface area contributed by atoms with E-state index in [0.29, 0.717) is 17.7 Å². The Balaban J connectivity index is 0.000000426. The van der Waals surface area contributed by atoms with Crippen molar-refractivity contribution < 1.29 is 46.6 Å². The Bertz CT molecular complexity index is 1080. The van der Waals surface area contributed by atoms with E-state index in [1.54, 1.807) is 12.1 Å². The van der Waals surface area contributed by atoms with E-state index in [1.165, 1.54) is 11.8 Å². The normalized spacial score (nSPS) is 27.6. The minimum Gasteiger partial charge on any atom is -0.542 e. The van der Waals surface area contributed by atoms with Crippen molar-refractivity contribution in [2.45, 2.75) is 69.4 Å². The summed E-state index contributed by atoms with van der Waals surface area (Å²) in [4.78, 5) is 22.3. The van der Waals surface area contributed by atoms with Crippen molar-refractivity contribution in [3.05, 3.63) is 60.1 Å². The molecule has 38 heavy (non-hydrogen) atoms. The van der Waals surface area contributed by atoms with E-state index in [9.17, 15) is 23.1 Å². The lowest BCUT2D eigenvalue weighted by Gasteiger charge is -2.55. The van der Waals surface area contributed by atoms with Crippen molar-refractivity contribution in [3.63, 3.8) is 0 Å². The van der Waals surface area contributed by atoms with E-state index < -0.39 is 23.7 Å². The maximum atomic E-state index is 13.5. The van der Waals surface area contributed by atoms with Gasteiger partial charge in [-0.2, -0.15) is 13.2 Å². The maximum Gasteiger partial charge on any atom is 0.430 e. The van der Waals surface area contributed by atoms with Crippen LogP contribution in [0, 0.1) is 11.8 Å². The van der Waals surface area contributed by atoms with E-state index in [-0.39, 0.29) is 12.0 Å². The van der Waals surface area contributed by atoms with Gasteiger partial charge in [0.05, 0.1) is 19.4 Å². The van der Waals surface area contributed by atoms with E-state index in [1.807, 2.05) is 0 Å². The first-order valence-corrected chi connectivity index (χ1v) is 13.1. The Hall–Kier alpha value is -2.85. The Labute approximate surface area is 219 Å². The standard InChI is InChI=1S/C26H34NO4.C2HF3O2/c1-19(20-8-3-2-4-9-20)27-15-13-21(14-16-27)23(18-27)31-25(28)26(29,22-10-5-6-11-22)24-12-7-17-30-24;3-2(4,5)1(6)7/h2-4,7-9,12,17,19,21-23,29H,5-6,10-11,13-16,18H2,1H3;(H,6,7)/q+1;/p-1/t19?,21?,23-,26+,27?;/m0./s1. The minimum atomic E-state index is -5.19. The molecule has 1 aromatic carbocycles. The number of furan rings is 1. The molecule has 0 spiro atoms. The third-order valence-corrected chi connectivity index (χ3v) is 8.71. The number of alkyl halides is 3. The summed E-state index contributed by atoms with van der Waals surface area (Å²) >= 11 is 0. The van der Waals surface area contributed by atoms with E-state index in [4.69, 9.17) is 19.1 Å². The van der Waals surface area contributed by atoms with Gasteiger partial charge in [0.25, 0.3) is 0 Å². The predicted octanol–water partition coefficient (Wildman–Crippen LogP) is 3.87. The van der Waals surface area contributed by atoms with Gasteiger partial charge in [-0.25, -0.2) is 4.79 Å². The summed E-state index contributed by atoms with van der Waals surface area (Å²) in [6.45, 7) is 5.38. The SMILES string of the molecule is CC(c1ccccc1)[N+]12CCC(CC1)[C@@H](OC(=O)[C@](O)(c1ccco1)C1CCCC1)C2.O=C([O-])C(F)(F)F. The zero-order valence-corrected chi connectivity index (χ0v) is 21.4. The molecule has 6 rings (SSSR count). The Morgan fingerprint density at radius 3 is 2.18 bits per heavy atom.